The van der Waals surface area contributed by atoms with E-state index in [0.717, 1.165) is 50.6 Å². The lowest BCUT2D eigenvalue weighted by atomic mass is 9.96. The second kappa shape index (κ2) is 14.4. The van der Waals surface area contributed by atoms with Crippen LogP contribution in [0.2, 0.25) is 5.02 Å². The standard InChI is InChI=1S/C29H33ClN2O3.ClH/c30-26-14-12-25(13-15-26)29(24-9-5-2-6-10-24)32-19-17-31(18-20-32)21-27(35-22-28(33)34)16-11-23-7-3-1-4-8-23;/h1-10,12-15,27,29H,11,16-22H2,(H,33,34);1H. The molecule has 5 nitrogen and oxygen atoms in total. The Morgan fingerprint density at radius 2 is 1.44 bits per heavy atom. The Kier molecular flexibility index (Phi) is 11.2. The summed E-state index contributed by atoms with van der Waals surface area (Å²) in [7, 11) is 0. The number of ether oxygens (including phenoxy) is 1. The van der Waals surface area contributed by atoms with Crippen LogP contribution in [0.15, 0.2) is 84.9 Å². The number of rotatable bonds is 11. The molecule has 3 aromatic carbocycles. The summed E-state index contributed by atoms with van der Waals surface area (Å²) in [6.45, 7) is 4.15. The van der Waals surface area contributed by atoms with E-state index in [1.54, 1.807) is 0 Å². The maximum absolute atomic E-state index is 11.1. The summed E-state index contributed by atoms with van der Waals surface area (Å²) in [5, 5.41) is 9.87. The highest BCUT2D eigenvalue weighted by molar-refractivity contribution is 6.30. The molecule has 192 valence electrons. The second-order valence-corrected chi connectivity index (χ2v) is 9.49. The number of carboxylic acid groups (broad SMARTS) is 1. The van der Waals surface area contributed by atoms with Crippen molar-refractivity contribution < 1.29 is 14.6 Å². The van der Waals surface area contributed by atoms with Crippen molar-refractivity contribution in [1.29, 1.82) is 0 Å². The first-order chi connectivity index (χ1) is 17.1. The van der Waals surface area contributed by atoms with E-state index in [9.17, 15) is 4.79 Å². The molecule has 0 saturated carbocycles. The first kappa shape index (κ1) is 28.2. The van der Waals surface area contributed by atoms with Crippen molar-refractivity contribution in [2.24, 2.45) is 0 Å². The number of benzene rings is 3. The molecule has 0 bridgehead atoms. The van der Waals surface area contributed by atoms with Crippen LogP contribution in [0.5, 0.6) is 0 Å². The average Bonchev–Trinajstić information content (AvgIpc) is 2.89. The summed E-state index contributed by atoms with van der Waals surface area (Å²) in [5.74, 6) is -0.923. The Bertz CT molecular complexity index is 1040. The Hall–Kier alpha value is -2.41. The maximum Gasteiger partial charge on any atom is 0.329 e. The Morgan fingerprint density at radius 1 is 0.861 bits per heavy atom. The van der Waals surface area contributed by atoms with Crippen LogP contribution in [0.1, 0.15) is 29.2 Å². The lowest BCUT2D eigenvalue weighted by molar-refractivity contribution is -0.145. The summed E-state index contributed by atoms with van der Waals surface area (Å²) in [6, 6.07) is 29.2. The number of aryl methyl sites for hydroxylation is 1. The van der Waals surface area contributed by atoms with Gasteiger partial charge in [-0.2, -0.15) is 0 Å². The summed E-state index contributed by atoms with van der Waals surface area (Å²) < 4.78 is 5.78. The number of piperazine rings is 1. The zero-order valence-corrected chi connectivity index (χ0v) is 21.9. The molecular formula is C29H34Cl2N2O3. The normalized spacial score (nSPS) is 16.1. The molecule has 1 fully saturated rings. The van der Waals surface area contributed by atoms with Gasteiger partial charge in [0.15, 0.2) is 0 Å². The quantitative estimate of drug-likeness (QED) is 0.352. The van der Waals surface area contributed by atoms with Crippen LogP contribution in [0, 0.1) is 0 Å². The molecule has 3 aromatic rings. The number of carboxylic acids is 1. The summed E-state index contributed by atoms with van der Waals surface area (Å²) in [5.41, 5.74) is 3.75. The highest BCUT2D eigenvalue weighted by Gasteiger charge is 2.27. The van der Waals surface area contributed by atoms with Gasteiger partial charge in [0.05, 0.1) is 12.1 Å². The van der Waals surface area contributed by atoms with Crippen LogP contribution in [-0.4, -0.2) is 66.3 Å². The van der Waals surface area contributed by atoms with Crippen molar-refractivity contribution >= 4 is 30.0 Å². The molecular weight excluding hydrogens is 495 g/mol. The van der Waals surface area contributed by atoms with E-state index in [1.807, 2.05) is 36.4 Å². The number of nitrogens with zero attached hydrogens (tertiary/aromatic N) is 2. The molecule has 1 saturated heterocycles. The van der Waals surface area contributed by atoms with Crippen molar-refractivity contribution in [3.05, 3.63) is 107 Å². The molecule has 0 aliphatic carbocycles. The molecule has 1 heterocycles. The SMILES string of the molecule is Cl.O=C(O)COC(CCc1ccccc1)CN1CCN(C(c2ccccc2)c2ccc(Cl)cc2)CC1. The third kappa shape index (κ3) is 8.32. The van der Waals surface area contributed by atoms with Gasteiger partial charge in [-0.05, 0) is 41.7 Å². The minimum Gasteiger partial charge on any atom is -0.480 e. The van der Waals surface area contributed by atoms with E-state index in [4.69, 9.17) is 21.4 Å². The van der Waals surface area contributed by atoms with E-state index >= 15 is 0 Å². The van der Waals surface area contributed by atoms with Crippen molar-refractivity contribution in [3.8, 4) is 0 Å². The van der Waals surface area contributed by atoms with Crippen LogP contribution < -0.4 is 0 Å². The summed E-state index contributed by atoms with van der Waals surface area (Å²) >= 11 is 6.16. The molecule has 0 aromatic heterocycles. The number of halogens is 2. The predicted molar refractivity (Wildman–Crippen MR) is 147 cm³/mol. The van der Waals surface area contributed by atoms with Gasteiger partial charge in [-0.15, -0.1) is 12.4 Å². The van der Waals surface area contributed by atoms with Crippen molar-refractivity contribution in [2.45, 2.75) is 25.0 Å². The first-order valence-electron chi connectivity index (χ1n) is 12.2. The molecule has 4 rings (SSSR count). The molecule has 7 heteroatoms. The summed E-state index contributed by atoms with van der Waals surface area (Å²) in [6.07, 6.45) is 1.56. The zero-order chi connectivity index (χ0) is 24.5. The zero-order valence-electron chi connectivity index (χ0n) is 20.3. The van der Waals surface area contributed by atoms with Crippen LogP contribution >= 0.6 is 24.0 Å². The fraction of sp³-hybridized carbons (Fsp3) is 0.345. The van der Waals surface area contributed by atoms with Crippen molar-refractivity contribution in [2.75, 3.05) is 39.3 Å². The number of carbonyl (C=O) groups is 1. The topological polar surface area (TPSA) is 53.0 Å². The monoisotopic (exact) mass is 528 g/mol. The van der Waals surface area contributed by atoms with Crippen molar-refractivity contribution in [1.82, 2.24) is 9.80 Å². The molecule has 0 spiro atoms. The first-order valence-corrected chi connectivity index (χ1v) is 12.6. The van der Waals surface area contributed by atoms with Crippen molar-refractivity contribution in [3.63, 3.8) is 0 Å². The Morgan fingerprint density at radius 3 is 2.06 bits per heavy atom. The number of aliphatic carboxylic acids is 1. The second-order valence-electron chi connectivity index (χ2n) is 9.05. The van der Waals surface area contributed by atoms with E-state index < -0.39 is 5.97 Å². The van der Waals surface area contributed by atoms with E-state index in [2.05, 4.69) is 58.3 Å². The fourth-order valence-corrected chi connectivity index (χ4v) is 4.90. The van der Waals surface area contributed by atoms with Gasteiger partial charge in [0.1, 0.15) is 6.61 Å². The molecule has 1 aliphatic heterocycles. The third-order valence-electron chi connectivity index (χ3n) is 6.58. The minimum atomic E-state index is -0.923. The lowest BCUT2D eigenvalue weighted by Crippen LogP contribution is -2.50. The third-order valence-corrected chi connectivity index (χ3v) is 6.83. The maximum atomic E-state index is 11.1. The van der Waals surface area contributed by atoms with Crippen LogP contribution in [0.4, 0.5) is 0 Å². The number of hydrogen-bond donors (Lipinski definition) is 1. The smallest absolute Gasteiger partial charge is 0.329 e. The molecule has 1 N–H and O–H groups in total. The molecule has 2 atom stereocenters. The van der Waals surface area contributed by atoms with Gasteiger partial charge >= 0.3 is 5.97 Å². The van der Waals surface area contributed by atoms with Crippen LogP contribution in [0.25, 0.3) is 0 Å². The molecule has 2 unspecified atom stereocenters. The number of hydrogen-bond acceptors (Lipinski definition) is 4. The van der Waals surface area contributed by atoms with Crippen LogP contribution in [0.3, 0.4) is 0 Å². The largest absolute Gasteiger partial charge is 0.480 e. The predicted octanol–water partition coefficient (Wildman–Crippen LogP) is 5.57. The van der Waals surface area contributed by atoms with Gasteiger partial charge in [-0.1, -0.05) is 84.4 Å². The molecule has 0 radical (unpaired) electrons. The Balaban J connectivity index is 0.00000361. The van der Waals surface area contributed by atoms with Gasteiger partial charge in [0, 0.05) is 37.7 Å². The van der Waals surface area contributed by atoms with Gasteiger partial charge in [0.25, 0.3) is 0 Å². The molecule has 1 aliphatic rings. The van der Waals surface area contributed by atoms with Gasteiger partial charge in [-0.3, -0.25) is 9.80 Å². The molecule has 36 heavy (non-hydrogen) atoms. The molecule has 0 amide bonds. The van der Waals surface area contributed by atoms with Gasteiger partial charge < -0.3 is 9.84 Å². The minimum absolute atomic E-state index is 0. The Labute approximate surface area is 225 Å². The van der Waals surface area contributed by atoms with Gasteiger partial charge in [0.2, 0.25) is 0 Å². The lowest BCUT2D eigenvalue weighted by Gasteiger charge is -2.40. The average molecular weight is 530 g/mol. The fourth-order valence-electron chi connectivity index (χ4n) is 4.78. The van der Waals surface area contributed by atoms with Gasteiger partial charge in [-0.25, -0.2) is 4.79 Å². The van der Waals surface area contributed by atoms with E-state index in [1.165, 1.54) is 16.7 Å². The van der Waals surface area contributed by atoms with E-state index in [-0.39, 0.29) is 31.2 Å². The highest BCUT2D eigenvalue weighted by atomic mass is 35.5. The van der Waals surface area contributed by atoms with E-state index in [0.29, 0.717) is 0 Å². The highest BCUT2D eigenvalue weighted by Crippen LogP contribution is 2.30. The van der Waals surface area contributed by atoms with Crippen LogP contribution in [-0.2, 0) is 16.0 Å². The summed E-state index contributed by atoms with van der Waals surface area (Å²) in [4.78, 5) is 16.0.